The van der Waals surface area contributed by atoms with Crippen LogP contribution in [0.4, 0.5) is 0 Å². The molecule has 12 nitrogen and oxygen atoms in total. The van der Waals surface area contributed by atoms with Crippen molar-refractivity contribution in [3.05, 3.63) is 17.2 Å². The molecule has 2 rings (SSSR count). The van der Waals surface area contributed by atoms with Crippen molar-refractivity contribution in [3.8, 4) is 0 Å². The molecular formula is C9H8O12S4. The van der Waals surface area contributed by atoms with Gasteiger partial charge in [0.15, 0.2) is 0 Å². The van der Waals surface area contributed by atoms with E-state index in [0.717, 1.165) is 12.2 Å². The molecule has 0 unspecified atom stereocenters. The Morgan fingerprint density at radius 1 is 0.600 bits per heavy atom. The summed E-state index contributed by atoms with van der Waals surface area (Å²) in [5.41, 5.74) is -1.50. The molecule has 1 aromatic rings. The maximum Gasteiger partial charge on any atom is 0.297 e. The van der Waals surface area contributed by atoms with Crippen molar-refractivity contribution in [1.82, 2.24) is 0 Å². The van der Waals surface area contributed by atoms with Gasteiger partial charge in [0, 0.05) is 5.56 Å². The summed E-state index contributed by atoms with van der Waals surface area (Å²) in [6.45, 7) is 0. The first kappa shape index (κ1) is 19.9. The minimum atomic E-state index is -5.82. The third kappa shape index (κ3) is 3.47. The smallest absolute Gasteiger partial charge is 0.282 e. The summed E-state index contributed by atoms with van der Waals surface area (Å²) in [6, 6.07) is 0. The van der Waals surface area contributed by atoms with Gasteiger partial charge in [-0.05, 0) is 12.0 Å². The zero-order valence-electron chi connectivity index (χ0n) is 11.5. The van der Waals surface area contributed by atoms with Crippen molar-refractivity contribution < 1.29 is 51.9 Å². The molecule has 1 aliphatic carbocycles. The van der Waals surface area contributed by atoms with Crippen LogP contribution in [0, 0.1) is 0 Å². The fourth-order valence-electron chi connectivity index (χ4n) is 2.40. The number of allylic oxidation sites excluding steroid dienone is 1. The molecule has 0 saturated heterocycles. The summed E-state index contributed by atoms with van der Waals surface area (Å²) in [4.78, 5) is -7.48. The first-order valence-electron chi connectivity index (χ1n) is 5.76. The molecule has 0 aromatic heterocycles. The Morgan fingerprint density at radius 3 is 1.32 bits per heavy atom. The van der Waals surface area contributed by atoms with Gasteiger partial charge in [0.1, 0.15) is 19.6 Å². The minimum absolute atomic E-state index is 0.485. The number of hydrogen-bond donors (Lipinski definition) is 4. The van der Waals surface area contributed by atoms with Crippen LogP contribution in [0.5, 0.6) is 0 Å². The first-order valence-corrected chi connectivity index (χ1v) is 11.5. The lowest BCUT2D eigenvalue weighted by molar-refractivity contribution is 0.445. The summed E-state index contributed by atoms with van der Waals surface area (Å²) >= 11 is 0. The molecule has 140 valence electrons. The molecule has 0 saturated carbocycles. The van der Waals surface area contributed by atoms with E-state index in [-0.39, 0.29) is 0 Å². The van der Waals surface area contributed by atoms with Crippen molar-refractivity contribution in [2.75, 3.05) is 0 Å². The van der Waals surface area contributed by atoms with Gasteiger partial charge in [-0.2, -0.15) is 33.7 Å². The van der Waals surface area contributed by atoms with Gasteiger partial charge in [-0.25, -0.2) is 0 Å². The fourth-order valence-corrected chi connectivity index (χ4v) is 7.44. The predicted molar refractivity (Wildman–Crippen MR) is 78.4 cm³/mol. The van der Waals surface area contributed by atoms with Gasteiger partial charge in [-0.15, -0.1) is 0 Å². The number of benzene rings is 1. The second-order valence-electron chi connectivity index (χ2n) is 4.72. The Labute approximate surface area is 141 Å². The standard InChI is InChI=1S/C9H8O12S4/c10-22(11,12)6-4-2-1-3-5(4)7(23(13,14)15)9(25(19,20)21)8(6)24(16,17)18/h1-2H,3H2,(H,10,11,12)(H,13,14,15)(H,16,17,18)(H,19,20,21). The molecule has 1 aliphatic rings. The monoisotopic (exact) mass is 436 g/mol. The lowest BCUT2D eigenvalue weighted by Crippen LogP contribution is -2.21. The van der Waals surface area contributed by atoms with Crippen LogP contribution >= 0.6 is 0 Å². The van der Waals surface area contributed by atoms with E-state index in [1.807, 2.05) is 0 Å². The summed E-state index contributed by atoms with van der Waals surface area (Å²) in [7, 11) is -22.7. The highest BCUT2D eigenvalue weighted by Gasteiger charge is 2.43. The predicted octanol–water partition coefficient (Wildman–Crippen LogP) is -0.757. The molecule has 0 aliphatic heterocycles. The topological polar surface area (TPSA) is 217 Å². The maximum atomic E-state index is 11.6. The molecule has 1 aromatic carbocycles. The molecule has 16 heteroatoms. The van der Waals surface area contributed by atoms with Crippen LogP contribution in [0.2, 0.25) is 0 Å². The first-order chi connectivity index (χ1) is 11.0. The summed E-state index contributed by atoms with van der Waals surface area (Å²) < 4.78 is 129. The highest BCUT2D eigenvalue weighted by atomic mass is 32.2. The third-order valence-corrected chi connectivity index (χ3v) is 7.24. The Hall–Kier alpha value is -1.40. The van der Waals surface area contributed by atoms with E-state index in [4.69, 9.17) is 0 Å². The van der Waals surface area contributed by atoms with Crippen molar-refractivity contribution >= 4 is 46.5 Å². The highest BCUT2D eigenvalue weighted by molar-refractivity contribution is 7.91. The van der Waals surface area contributed by atoms with Crippen molar-refractivity contribution in [2.45, 2.75) is 26.0 Å². The van der Waals surface area contributed by atoms with E-state index in [0.29, 0.717) is 0 Å². The van der Waals surface area contributed by atoms with Crippen LogP contribution in [0.25, 0.3) is 6.08 Å². The molecule has 0 fully saturated rings. The van der Waals surface area contributed by atoms with Gasteiger partial charge in [-0.3, -0.25) is 18.2 Å². The van der Waals surface area contributed by atoms with Crippen LogP contribution in [-0.2, 0) is 46.9 Å². The number of hydrogen-bond acceptors (Lipinski definition) is 8. The lowest BCUT2D eigenvalue weighted by atomic mass is 10.1. The van der Waals surface area contributed by atoms with Crippen molar-refractivity contribution in [2.24, 2.45) is 0 Å². The van der Waals surface area contributed by atoms with Crippen molar-refractivity contribution in [3.63, 3.8) is 0 Å². The second-order valence-corrected chi connectivity index (χ2v) is 10.1. The molecule has 0 spiro atoms. The third-order valence-electron chi connectivity index (χ3n) is 3.10. The second kappa shape index (κ2) is 5.55. The van der Waals surface area contributed by atoms with Crippen LogP contribution in [-0.4, -0.2) is 51.9 Å². The van der Waals surface area contributed by atoms with E-state index in [9.17, 15) is 51.9 Å². The minimum Gasteiger partial charge on any atom is -0.282 e. The zero-order valence-corrected chi connectivity index (χ0v) is 14.8. The Balaban J connectivity index is 3.46. The zero-order chi connectivity index (χ0) is 19.6. The van der Waals surface area contributed by atoms with Crippen molar-refractivity contribution in [1.29, 1.82) is 0 Å². The van der Waals surface area contributed by atoms with E-state index < -0.39 is 77.6 Å². The van der Waals surface area contributed by atoms with E-state index in [1.54, 1.807) is 0 Å². The van der Waals surface area contributed by atoms with E-state index >= 15 is 0 Å². The molecule has 0 heterocycles. The summed E-state index contributed by atoms with van der Waals surface area (Å²) in [5, 5.41) is 0. The van der Waals surface area contributed by atoms with Gasteiger partial charge >= 0.3 is 0 Å². The van der Waals surface area contributed by atoms with Gasteiger partial charge in [0.25, 0.3) is 40.5 Å². The average Bonchev–Trinajstić information content (AvgIpc) is 2.78. The molecule has 4 N–H and O–H groups in total. The van der Waals surface area contributed by atoms with Gasteiger partial charge in [0.2, 0.25) is 0 Å². The summed E-state index contributed by atoms with van der Waals surface area (Å²) in [6.07, 6.45) is 1.41. The SMILES string of the molecule is O=S(=O)(O)c1c2c(c(S(=O)(=O)O)c(S(=O)(=O)O)c1S(=O)(=O)O)CC=C2. The average molecular weight is 436 g/mol. The fraction of sp³-hybridized carbons (Fsp3) is 0.111. The van der Waals surface area contributed by atoms with Crippen LogP contribution < -0.4 is 0 Å². The normalized spacial score (nSPS) is 15.4. The molecule has 0 bridgehead atoms. The molecule has 0 atom stereocenters. The van der Waals surface area contributed by atoms with E-state index in [2.05, 4.69) is 0 Å². The largest absolute Gasteiger partial charge is 0.297 e. The van der Waals surface area contributed by atoms with Gasteiger partial charge in [-0.1, -0.05) is 12.2 Å². The van der Waals surface area contributed by atoms with E-state index in [1.165, 1.54) is 0 Å². The maximum absolute atomic E-state index is 11.6. The van der Waals surface area contributed by atoms with Gasteiger partial charge < -0.3 is 0 Å². The molecular weight excluding hydrogens is 428 g/mol. The van der Waals surface area contributed by atoms with Crippen LogP contribution in [0.15, 0.2) is 25.7 Å². The van der Waals surface area contributed by atoms with Crippen LogP contribution in [0.3, 0.4) is 0 Å². The van der Waals surface area contributed by atoms with Crippen LogP contribution in [0.1, 0.15) is 11.1 Å². The number of rotatable bonds is 4. The highest BCUT2D eigenvalue weighted by Crippen LogP contribution is 2.42. The Bertz CT molecular complexity index is 1230. The summed E-state index contributed by atoms with van der Waals surface area (Å²) in [5.74, 6) is 0. The Morgan fingerprint density at radius 2 is 0.960 bits per heavy atom. The quantitative estimate of drug-likeness (QED) is 0.428. The Kier molecular flexibility index (Phi) is 4.42. The van der Waals surface area contributed by atoms with Gasteiger partial charge in [0.05, 0.1) is 0 Å². The number of fused-ring (bicyclic) bond motifs is 1. The lowest BCUT2D eigenvalue weighted by Gasteiger charge is -2.17. The molecule has 25 heavy (non-hydrogen) atoms. The molecule has 0 amide bonds. The molecule has 0 radical (unpaired) electrons.